The maximum atomic E-state index is 12.5. The molecule has 0 radical (unpaired) electrons. The Hall–Kier alpha value is -3.46. The third kappa shape index (κ3) is 4.35. The summed E-state index contributed by atoms with van der Waals surface area (Å²) in [6.45, 7) is 3.75. The monoisotopic (exact) mass is 406 g/mol. The van der Waals surface area contributed by atoms with Crippen LogP contribution >= 0.6 is 11.8 Å². The van der Waals surface area contributed by atoms with Gasteiger partial charge in [-0.15, -0.1) is 10.2 Å². The Labute approximate surface area is 171 Å². The molecule has 4 aromatic rings. The van der Waals surface area contributed by atoms with Crippen molar-refractivity contribution in [1.29, 1.82) is 0 Å². The summed E-state index contributed by atoms with van der Waals surface area (Å²) < 4.78 is 6.90. The van der Waals surface area contributed by atoms with Crippen molar-refractivity contribution in [2.75, 3.05) is 11.1 Å². The van der Waals surface area contributed by atoms with Crippen LogP contribution in [0.25, 0.3) is 17.1 Å². The molecule has 29 heavy (non-hydrogen) atoms. The number of hydrogen-bond donors (Lipinski definition) is 1. The molecule has 8 nitrogen and oxygen atoms in total. The van der Waals surface area contributed by atoms with Gasteiger partial charge in [-0.1, -0.05) is 46.7 Å². The van der Waals surface area contributed by atoms with Crippen LogP contribution in [-0.2, 0) is 4.79 Å². The average Bonchev–Trinajstić information content (AvgIpc) is 3.36. The number of aromatic nitrogens is 5. The molecule has 0 bridgehead atoms. The summed E-state index contributed by atoms with van der Waals surface area (Å²) >= 11 is 1.31. The molecule has 1 N–H and O–H groups in total. The lowest BCUT2D eigenvalue weighted by Gasteiger charge is -2.09. The summed E-state index contributed by atoms with van der Waals surface area (Å²) in [5.41, 5.74) is 3.44. The van der Waals surface area contributed by atoms with Gasteiger partial charge in [0.1, 0.15) is 6.33 Å². The fourth-order valence-electron chi connectivity index (χ4n) is 2.72. The molecule has 0 aliphatic carbocycles. The molecule has 0 fully saturated rings. The zero-order chi connectivity index (χ0) is 20.2. The van der Waals surface area contributed by atoms with Crippen molar-refractivity contribution >= 4 is 23.4 Å². The van der Waals surface area contributed by atoms with Crippen LogP contribution in [0.2, 0.25) is 0 Å². The first-order valence-electron chi connectivity index (χ1n) is 8.89. The summed E-state index contributed by atoms with van der Waals surface area (Å²) in [5, 5.41) is 15.6. The van der Waals surface area contributed by atoms with Crippen molar-refractivity contribution in [2.24, 2.45) is 0 Å². The molecule has 9 heteroatoms. The van der Waals surface area contributed by atoms with Crippen molar-refractivity contribution in [3.63, 3.8) is 0 Å². The fraction of sp³-hybridized carbons (Fsp3) is 0.150. The second-order valence-electron chi connectivity index (χ2n) is 6.34. The number of para-hydroxylation sites is 1. The molecule has 0 aliphatic heterocycles. The van der Waals surface area contributed by atoms with Crippen LogP contribution in [0.5, 0.6) is 0 Å². The number of benzene rings is 2. The van der Waals surface area contributed by atoms with E-state index < -0.39 is 0 Å². The van der Waals surface area contributed by atoms with E-state index >= 15 is 0 Å². The van der Waals surface area contributed by atoms with Crippen LogP contribution in [0.15, 0.2) is 64.5 Å². The molecule has 4 rings (SSSR count). The van der Waals surface area contributed by atoms with Crippen LogP contribution in [0.4, 0.5) is 5.69 Å². The number of nitrogens with one attached hydrogen (secondary N) is 1. The molecule has 2 aromatic heterocycles. The molecular weight excluding hydrogens is 388 g/mol. The predicted octanol–water partition coefficient (Wildman–Crippen LogP) is 3.66. The summed E-state index contributed by atoms with van der Waals surface area (Å²) in [6, 6.07) is 15.4. The van der Waals surface area contributed by atoms with Crippen molar-refractivity contribution in [3.05, 3.63) is 66.3 Å². The van der Waals surface area contributed by atoms with Gasteiger partial charge in [0, 0.05) is 18.2 Å². The quantitative estimate of drug-likeness (QED) is 0.488. The van der Waals surface area contributed by atoms with Gasteiger partial charge in [0.05, 0.1) is 11.4 Å². The highest BCUT2D eigenvalue weighted by molar-refractivity contribution is 7.99. The molecule has 0 aliphatic rings. The van der Waals surface area contributed by atoms with Crippen LogP contribution in [0, 0.1) is 13.8 Å². The third-order valence-electron chi connectivity index (χ3n) is 4.13. The van der Waals surface area contributed by atoms with Gasteiger partial charge in [-0.3, -0.25) is 9.36 Å². The lowest BCUT2D eigenvalue weighted by molar-refractivity contribution is -0.113. The molecule has 0 spiro atoms. The van der Waals surface area contributed by atoms with Gasteiger partial charge >= 0.3 is 0 Å². The highest BCUT2D eigenvalue weighted by Crippen LogP contribution is 2.26. The van der Waals surface area contributed by atoms with Gasteiger partial charge < -0.3 is 9.84 Å². The molecule has 0 atom stereocenters. The summed E-state index contributed by atoms with van der Waals surface area (Å²) in [7, 11) is 0. The largest absolute Gasteiger partial charge is 0.339 e. The van der Waals surface area contributed by atoms with Crippen LogP contribution in [-0.4, -0.2) is 36.6 Å². The van der Waals surface area contributed by atoms with E-state index in [1.165, 1.54) is 17.3 Å². The summed E-state index contributed by atoms with van der Waals surface area (Å²) in [5.74, 6) is 0.919. The number of amides is 1. The van der Waals surface area contributed by atoms with Gasteiger partial charge in [-0.2, -0.15) is 4.98 Å². The van der Waals surface area contributed by atoms with Crippen LogP contribution < -0.4 is 5.32 Å². The number of nitrogens with zero attached hydrogens (tertiary/aromatic N) is 5. The second kappa shape index (κ2) is 8.27. The number of thioether (sulfide) groups is 1. The van der Waals surface area contributed by atoms with E-state index in [1.807, 2.05) is 54.0 Å². The molecule has 1 amide bonds. The van der Waals surface area contributed by atoms with Crippen molar-refractivity contribution in [1.82, 2.24) is 24.9 Å². The Morgan fingerprint density at radius 1 is 1.14 bits per heavy atom. The SMILES string of the molecule is Cc1ccc(-n2cnnc2SCC(=O)Nc2ccccc2-c2noc(C)n2)cc1. The van der Waals surface area contributed by atoms with Crippen molar-refractivity contribution in [3.8, 4) is 17.1 Å². The maximum Gasteiger partial charge on any atom is 0.234 e. The van der Waals surface area contributed by atoms with E-state index in [0.717, 1.165) is 5.69 Å². The van der Waals surface area contributed by atoms with Crippen molar-refractivity contribution in [2.45, 2.75) is 19.0 Å². The number of hydrogen-bond acceptors (Lipinski definition) is 7. The topological polar surface area (TPSA) is 98.7 Å². The highest BCUT2D eigenvalue weighted by atomic mass is 32.2. The average molecular weight is 406 g/mol. The normalized spacial score (nSPS) is 10.8. The molecule has 0 saturated carbocycles. The van der Waals surface area contributed by atoms with E-state index in [1.54, 1.807) is 19.3 Å². The molecule has 146 valence electrons. The number of anilines is 1. The lowest BCUT2D eigenvalue weighted by Crippen LogP contribution is -2.15. The smallest absolute Gasteiger partial charge is 0.234 e. The number of carbonyl (C=O) groups is 1. The zero-order valence-electron chi connectivity index (χ0n) is 15.9. The minimum atomic E-state index is -0.166. The van der Waals surface area contributed by atoms with E-state index in [0.29, 0.717) is 28.1 Å². The first-order valence-corrected chi connectivity index (χ1v) is 9.88. The summed E-state index contributed by atoms with van der Waals surface area (Å²) in [6.07, 6.45) is 1.64. The number of rotatable bonds is 6. The first-order chi connectivity index (χ1) is 14.1. The summed E-state index contributed by atoms with van der Waals surface area (Å²) in [4.78, 5) is 16.8. The minimum Gasteiger partial charge on any atom is -0.339 e. The van der Waals surface area contributed by atoms with E-state index in [-0.39, 0.29) is 11.7 Å². The predicted molar refractivity (Wildman–Crippen MR) is 110 cm³/mol. The molecule has 2 aromatic carbocycles. The number of carbonyl (C=O) groups excluding carboxylic acids is 1. The molecule has 0 unspecified atom stereocenters. The molecular formula is C20H18N6O2S. The van der Waals surface area contributed by atoms with E-state index in [2.05, 4.69) is 25.7 Å². The van der Waals surface area contributed by atoms with E-state index in [9.17, 15) is 4.79 Å². The second-order valence-corrected chi connectivity index (χ2v) is 7.28. The van der Waals surface area contributed by atoms with Crippen molar-refractivity contribution < 1.29 is 9.32 Å². The highest BCUT2D eigenvalue weighted by Gasteiger charge is 2.14. The van der Waals surface area contributed by atoms with Crippen LogP contribution in [0.1, 0.15) is 11.5 Å². The Kier molecular flexibility index (Phi) is 5.39. The van der Waals surface area contributed by atoms with Gasteiger partial charge in [-0.25, -0.2) is 0 Å². The Morgan fingerprint density at radius 2 is 1.93 bits per heavy atom. The first kappa shape index (κ1) is 18.9. The van der Waals surface area contributed by atoms with E-state index in [4.69, 9.17) is 4.52 Å². The third-order valence-corrected chi connectivity index (χ3v) is 5.07. The lowest BCUT2D eigenvalue weighted by atomic mass is 10.1. The molecule has 0 saturated heterocycles. The number of aryl methyl sites for hydroxylation is 2. The van der Waals surface area contributed by atoms with Gasteiger partial charge in [0.15, 0.2) is 5.16 Å². The Bertz CT molecular complexity index is 1140. The zero-order valence-corrected chi connectivity index (χ0v) is 16.7. The van der Waals surface area contributed by atoms with Gasteiger partial charge in [-0.05, 0) is 31.2 Å². The van der Waals surface area contributed by atoms with Gasteiger partial charge in [0.2, 0.25) is 17.6 Å². The minimum absolute atomic E-state index is 0.166. The van der Waals surface area contributed by atoms with Gasteiger partial charge in [0.25, 0.3) is 0 Å². The Balaban J connectivity index is 1.45. The standard InChI is InChI=1S/C20H18N6O2S/c1-13-7-9-15(10-8-13)26-12-21-24-20(26)29-11-18(27)23-17-6-4-3-5-16(17)19-22-14(2)28-25-19/h3-10,12H,11H2,1-2H3,(H,23,27). The Morgan fingerprint density at radius 3 is 2.69 bits per heavy atom. The maximum absolute atomic E-state index is 12.5. The van der Waals surface area contributed by atoms with Crippen LogP contribution in [0.3, 0.4) is 0 Å². The fourth-order valence-corrected chi connectivity index (χ4v) is 3.45. The molecule has 2 heterocycles.